The Bertz CT molecular complexity index is 3660. The number of hydrogen-bond acceptors (Lipinski definition) is 0. The fourth-order valence-electron chi connectivity index (χ4n) is 12.7. The molecule has 0 aliphatic heterocycles. The summed E-state index contributed by atoms with van der Waals surface area (Å²) in [6.07, 6.45) is 4.81. The minimum absolute atomic E-state index is 0.409. The molecule has 13 rings (SSSR count). The minimum atomic E-state index is 0.409. The van der Waals surface area contributed by atoms with E-state index in [1.165, 1.54) is 148 Å². The van der Waals surface area contributed by atoms with Crippen LogP contribution in [0.5, 0.6) is 0 Å². The van der Waals surface area contributed by atoms with Gasteiger partial charge in [-0.25, -0.2) is 0 Å². The molecule has 12 aromatic carbocycles. The summed E-state index contributed by atoms with van der Waals surface area (Å²) in [4.78, 5) is 0. The Morgan fingerprint density at radius 2 is 0.372 bits per heavy atom. The summed E-state index contributed by atoms with van der Waals surface area (Å²) in [5.41, 5.74) is 27.3. The maximum absolute atomic E-state index is 2.47. The molecule has 0 aromatic heterocycles. The molecule has 372 valence electrons. The van der Waals surface area contributed by atoms with Crippen molar-refractivity contribution in [3.8, 4) is 111 Å². The van der Waals surface area contributed by atoms with Gasteiger partial charge in [-0.1, -0.05) is 304 Å². The van der Waals surface area contributed by atoms with E-state index in [0.29, 0.717) is 11.8 Å². The van der Waals surface area contributed by atoms with Crippen molar-refractivity contribution in [1.82, 2.24) is 0 Å². The van der Waals surface area contributed by atoms with Crippen LogP contribution in [-0.4, -0.2) is 0 Å². The van der Waals surface area contributed by atoms with Crippen LogP contribution in [0.1, 0.15) is 48.6 Å². The zero-order chi connectivity index (χ0) is 52.0. The molecule has 0 radical (unpaired) electrons. The van der Waals surface area contributed by atoms with Gasteiger partial charge in [0, 0.05) is 0 Å². The predicted octanol–water partition coefficient (Wildman–Crippen LogP) is 21.8. The van der Waals surface area contributed by atoms with Gasteiger partial charge in [-0.05, 0) is 159 Å². The SMILES string of the molecule is c1ccc(-c2cc(-c3ccc([C@@H]4CCCC[C@H]4c4ccc(-c5cc(-c6ccccc6)c(-c6ccccc6)c(-c6ccccc6)c5-c5ccccc5)cc4)cc3)c(-c3ccccc3)c(-c3ccccc3)c2-c2ccccc2)cc1. The van der Waals surface area contributed by atoms with Crippen LogP contribution in [0.25, 0.3) is 111 Å². The lowest BCUT2D eigenvalue weighted by Gasteiger charge is -2.33. The largest absolute Gasteiger partial charge is 0.0622 e. The van der Waals surface area contributed by atoms with Crippen LogP contribution >= 0.6 is 0 Å². The van der Waals surface area contributed by atoms with E-state index >= 15 is 0 Å². The second-order valence-electron chi connectivity index (χ2n) is 20.9. The molecule has 0 heteroatoms. The lowest BCUT2D eigenvalue weighted by Crippen LogP contribution is -2.16. The predicted molar refractivity (Wildman–Crippen MR) is 331 cm³/mol. The first-order valence-electron chi connectivity index (χ1n) is 27.8. The van der Waals surface area contributed by atoms with Crippen molar-refractivity contribution in [2.75, 3.05) is 0 Å². The molecule has 0 amide bonds. The fourth-order valence-corrected chi connectivity index (χ4v) is 12.7. The monoisotopic (exact) mass is 996 g/mol. The Morgan fingerprint density at radius 3 is 0.603 bits per heavy atom. The van der Waals surface area contributed by atoms with Gasteiger partial charge in [0.25, 0.3) is 0 Å². The lowest BCUT2D eigenvalue weighted by atomic mass is 9.72. The lowest BCUT2D eigenvalue weighted by molar-refractivity contribution is 0.386. The molecule has 0 heterocycles. The van der Waals surface area contributed by atoms with Gasteiger partial charge < -0.3 is 0 Å². The molecule has 78 heavy (non-hydrogen) atoms. The van der Waals surface area contributed by atoms with E-state index < -0.39 is 0 Å². The van der Waals surface area contributed by atoms with Gasteiger partial charge in [0.2, 0.25) is 0 Å². The number of benzene rings is 12. The molecule has 0 N–H and O–H groups in total. The molecule has 2 atom stereocenters. The van der Waals surface area contributed by atoms with Crippen LogP contribution in [0.4, 0.5) is 0 Å². The van der Waals surface area contributed by atoms with E-state index in [1.807, 2.05) is 0 Å². The van der Waals surface area contributed by atoms with Gasteiger partial charge in [0.1, 0.15) is 0 Å². The molecular weight excluding hydrogens is 937 g/mol. The van der Waals surface area contributed by atoms with Gasteiger partial charge in [-0.3, -0.25) is 0 Å². The molecule has 0 bridgehead atoms. The molecule has 1 aliphatic carbocycles. The highest BCUT2D eigenvalue weighted by molar-refractivity contribution is 6.09. The molecule has 0 spiro atoms. The zero-order valence-corrected chi connectivity index (χ0v) is 43.9. The van der Waals surface area contributed by atoms with Crippen molar-refractivity contribution < 1.29 is 0 Å². The minimum Gasteiger partial charge on any atom is -0.0622 e. The van der Waals surface area contributed by atoms with Gasteiger partial charge in [0.15, 0.2) is 0 Å². The molecular formula is C78H60. The van der Waals surface area contributed by atoms with E-state index in [2.05, 4.69) is 303 Å². The highest BCUT2D eigenvalue weighted by Crippen LogP contribution is 2.53. The van der Waals surface area contributed by atoms with Crippen molar-refractivity contribution in [3.63, 3.8) is 0 Å². The normalized spacial score (nSPS) is 14.2. The van der Waals surface area contributed by atoms with E-state index in [0.717, 1.165) is 0 Å². The smallest absolute Gasteiger partial charge is 0.00143 e. The second kappa shape index (κ2) is 22.1. The summed E-state index contributed by atoms with van der Waals surface area (Å²) in [6.45, 7) is 0. The fraction of sp³-hybridized carbons (Fsp3) is 0.0769. The van der Waals surface area contributed by atoms with Gasteiger partial charge in [0.05, 0.1) is 0 Å². The first-order chi connectivity index (χ1) is 38.7. The highest BCUT2D eigenvalue weighted by Gasteiger charge is 2.30. The van der Waals surface area contributed by atoms with Gasteiger partial charge in [-0.2, -0.15) is 0 Å². The summed E-state index contributed by atoms with van der Waals surface area (Å²) in [5.74, 6) is 0.818. The maximum Gasteiger partial charge on any atom is -0.00143 e. The Morgan fingerprint density at radius 1 is 0.179 bits per heavy atom. The number of rotatable bonds is 12. The van der Waals surface area contributed by atoms with Crippen molar-refractivity contribution in [3.05, 3.63) is 314 Å². The third-order valence-electron chi connectivity index (χ3n) is 16.3. The topological polar surface area (TPSA) is 0 Å². The Hall–Kier alpha value is -9.36. The number of hydrogen-bond donors (Lipinski definition) is 0. The summed E-state index contributed by atoms with van der Waals surface area (Å²) < 4.78 is 0. The zero-order valence-electron chi connectivity index (χ0n) is 43.9. The van der Waals surface area contributed by atoms with Gasteiger partial charge in [-0.15, -0.1) is 0 Å². The van der Waals surface area contributed by atoms with Gasteiger partial charge >= 0.3 is 0 Å². The molecule has 0 saturated heterocycles. The van der Waals surface area contributed by atoms with Crippen molar-refractivity contribution in [1.29, 1.82) is 0 Å². The standard InChI is InChI=1S/C78H60/c1-9-27-55(28-10-1)69-53-71(75(63-35-17-5-18-36-63)77(65-39-21-7-22-40-65)73(69)61-31-13-3-14-32-61)59-49-45-57(46-50-59)67-43-25-26-44-68(67)58-47-51-60(52-48-58)72-54-70(56-29-11-2-12-30-56)74(62-33-15-4-16-34-62)78(66-41-23-8-24-42-66)76(72)64-37-19-6-20-38-64/h1-24,27-42,45-54,67-68H,25-26,43-44H2/t67-,68-/m0/s1. The third-order valence-corrected chi connectivity index (χ3v) is 16.3. The van der Waals surface area contributed by atoms with Crippen LogP contribution in [0.3, 0.4) is 0 Å². The second-order valence-corrected chi connectivity index (χ2v) is 20.9. The van der Waals surface area contributed by atoms with Crippen LogP contribution in [0.2, 0.25) is 0 Å². The molecule has 1 aliphatic rings. The van der Waals surface area contributed by atoms with E-state index in [-0.39, 0.29) is 0 Å². The van der Waals surface area contributed by atoms with Crippen LogP contribution in [0.15, 0.2) is 303 Å². The molecule has 1 saturated carbocycles. The average Bonchev–Trinajstić information content (AvgIpc) is 3.68. The molecule has 0 nitrogen and oxygen atoms in total. The molecule has 0 unspecified atom stereocenters. The summed E-state index contributed by atoms with van der Waals surface area (Å²) in [5, 5.41) is 0. The van der Waals surface area contributed by atoms with Crippen LogP contribution in [-0.2, 0) is 0 Å². The van der Waals surface area contributed by atoms with Crippen molar-refractivity contribution >= 4 is 0 Å². The maximum atomic E-state index is 2.47. The summed E-state index contributed by atoms with van der Waals surface area (Å²) in [7, 11) is 0. The van der Waals surface area contributed by atoms with Crippen molar-refractivity contribution in [2.24, 2.45) is 0 Å². The van der Waals surface area contributed by atoms with Crippen LogP contribution < -0.4 is 0 Å². The molecule has 1 fully saturated rings. The highest BCUT2D eigenvalue weighted by atomic mass is 14.3. The summed E-state index contributed by atoms with van der Waals surface area (Å²) in [6, 6.07) is 112. The first kappa shape index (κ1) is 48.3. The van der Waals surface area contributed by atoms with E-state index in [1.54, 1.807) is 0 Å². The first-order valence-corrected chi connectivity index (χ1v) is 27.8. The van der Waals surface area contributed by atoms with E-state index in [4.69, 9.17) is 0 Å². The molecule has 12 aromatic rings. The van der Waals surface area contributed by atoms with Crippen LogP contribution in [0, 0.1) is 0 Å². The third kappa shape index (κ3) is 9.52. The Balaban J connectivity index is 0.927. The Kier molecular flexibility index (Phi) is 13.7. The summed E-state index contributed by atoms with van der Waals surface area (Å²) >= 11 is 0. The quantitative estimate of drug-likeness (QED) is 0.114. The van der Waals surface area contributed by atoms with Crippen molar-refractivity contribution in [2.45, 2.75) is 37.5 Å². The Labute approximate surface area is 460 Å². The van der Waals surface area contributed by atoms with E-state index in [9.17, 15) is 0 Å². The average molecular weight is 997 g/mol.